The second-order valence-corrected chi connectivity index (χ2v) is 5.71. The van der Waals surface area contributed by atoms with Crippen molar-refractivity contribution in [2.24, 2.45) is 0 Å². The van der Waals surface area contributed by atoms with Gasteiger partial charge >= 0.3 is 5.69 Å². The molecule has 21 heavy (non-hydrogen) atoms. The zero-order valence-electron chi connectivity index (χ0n) is 10.6. The number of H-pyrrole nitrogens is 1. The third kappa shape index (κ3) is 3.17. The number of nitrogens with zero attached hydrogens (tertiary/aromatic N) is 4. The van der Waals surface area contributed by atoms with Crippen LogP contribution in [0.4, 0.5) is 10.1 Å². The number of aromatic amines is 1. The fraction of sp³-hybridized carbons (Fsp3) is 0.222. The predicted octanol–water partition coefficient (Wildman–Crippen LogP) is 0.0339. The van der Waals surface area contributed by atoms with Gasteiger partial charge in [-0.15, -0.1) is 10.2 Å². The first-order valence-corrected chi connectivity index (χ1v) is 6.96. The average molecular weight is 316 g/mol. The molecule has 0 atom stereocenters. The summed E-state index contributed by atoms with van der Waals surface area (Å²) in [6.45, 7) is 1.07. The van der Waals surface area contributed by atoms with Gasteiger partial charge in [0.15, 0.2) is 5.82 Å². The Labute approximate surface area is 117 Å². The van der Waals surface area contributed by atoms with E-state index in [2.05, 4.69) is 25.3 Å². The Kier molecular flexibility index (Phi) is 3.90. The molecule has 2 rings (SSSR count). The van der Waals surface area contributed by atoms with Crippen molar-refractivity contribution in [1.82, 2.24) is 25.3 Å². The molecule has 0 saturated heterocycles. The molecule has 0 amide bonds. The van der Waals surface area contributed by atoms with Crippen molar-refractivity contribution >= 4 is 15.7 Å². The lowest BCUT2D eigenvalue weighted by molar-refractivity contribution is -0.387. The Morgan fingerprint density at radius 1 is 1.48 bits per heavy atom. The number of aryl methyl sites for hydroxylation is 1. The molecule has 10 nitrogen and oxygen atoms in total. The molecule has 1 aromatic heterocycles. The van der Waals surface area contributed by atoms with Gasteiger partial charge in [-0.2, -0.15) is 9.60 Å². The Morgan fingerprint density at radius 2 is 2.19 bits per heavy atom. The second-order valence-electron chi connectivity index (χ2n) is 3.98. The summed E-state index contributed by atoms with van der Waals surface area (Å²) >= 11 is 0. The van der Waals surface area contributed by atoms with E-state index < -0.39 is 26.5 Å². The molecule has 0 bridgehead atoms. The van der Waals surface area contributed by atoms with Crippen molar-refractivity contribution in [2.45, 2.75) is 18.4 Å². The number of rotatable bonds is 5. The highest BCUT2D eigenvalue weighted by Crippen LogP contribution is 2.25. The summed E-state index contributed by atoms with van der Waals surface area (Å²) in [6, 6.07) is 1.46. The topological polar surface area (TPSA) is 144 Å². The second kappa shape index (κ2) is 5.49. The highest BCUT2D eigenvalue weighted by Gasteiger charge is 2.24. The maximum atomic E-state index is 13.4. The molecule has 1 heterocycles. The zero-order chi connectivity index (χ0) is 15.6. The standard InChI is InChI=1S/C9H9FN6O4S/c1-5-2-6(10)7(16(17)18)3-8(5)21(19,20)11-4-9-12-14-15-13-9/h2-3,11H,4H2,1H3,(H,12,13,14,15). The van der Waals surface area contributed by atoms with E-state index in [1.54, 1.807) is 0 Å². The van der Waals surface area contributed by atoms with Gasteiger partial charge in [0.2, 0.25) is 15.8 Å². The fourth-order valence-corrected chi connectivity index (χ4v) is 2.79. The number of hydrogen-bond acceptors (Lipinski definition) is 7. The summed E-state index contributed by atoms with van der Waals surface area (Å²) in [5, 5.41) is 23.2. The van der Waals surface area contributed by atoms with Crippen molar-refractivity contribution in [3.63, 3.8) is 0 Å². The maximum absolute atomic E-state index is 13.4. The van der Waals surface area contributed by atoms with Crippen LogP contribution in [0.5, 0.6) is 0 Å². The monoisotopic (exact) mass is 316 g/mol. The van der Waals surface area contributed by atoms with E-state index in [1.165, 1.54) is 6.92 Å². The van der Waals surface area contributed by atoms with E-state index in [0.29, 0.717) is 6.07 Å². The van der Waals surface area contributed by atoms with Crippen LogP contribution in [-0.2, 0) is 16.6 Å². The van der Waals surface area contributed by atoms with Gasteiger partial charge in [-0.25, -0.2) is 13.1 Å². The van der Waals surface area contributed by atoms with Crippen LogP contribution in [0.3, 0.4) is 0 Å². The maximum Gasteiger partial charge on any atom is 0.306 e. The summed E-state index contributed by atoms with van der Waals surface area (Å²) in [6.07, 6.45) is 0. The number of halogens is 1. The molecule has 0 saturated carbocycles. The predicted molar refractivity (Wildman–Crippen MR) is 66.0 cm³/mol. The van der Waals surface area contributed by atoms with Crippen LogP contribution in [-0.4, -0.2) is 34.0 Å². The van der Waals surface area contributed by atoms with E-state index in [9.17, 15) is 22.9 Å². The molecular weight excluding hydrogens is 307 g/mol. The Bertz CT molecular complexity index is 776. The Hall–Kier alpha value is -2.47. The molecule has 0 spiro atoms. The molecule has 0 aliphatic carbocycles. The van der Waals surface area contributed by atoms with Gasteiger partial charge in [0, 0.05) is 6.07 Å². The van der Waals surface area contributed by atoms with Crippen molar-refractivity contribution < 1.29 is 17.7 Å². The first-order valence-electron chi connectivity index (χ1n) is 5.48. The molecule has 12 heteroatoms. The summed E-state index contributed by atoms with van der Waals surface area (Å²) in [7, 11) is -4.08. The first-order chi connectivity index (χ1) is 9.81. The van der Waals surface area contributed by atoms with Crippen molar-refractivity contribution in [3.05, 3.63) is 39.5 Å². The number of benzene rings is 1. The lowest BCUT2D eigenvalue weighted by atomic mass is 10.2. The van der Waals surface area contributed by atoms with E-state index >= 15 is 0 Å². The average Bonchev–Trinajstić information content (AvgIpc) is 2.88. The lowest BCUT2D eigenvalue weighted by Gasteiger charge is -2.08. The highest BCUT2D eigenvalue weighted by atomic mass is 32.2. The molecule has 2 aromatic rings. The number of nitro groups is 1. The van der Waals surface area contributed by atoms with Crippen LogP contribution >= 0.6 is 0 Å². The molecule has 1 aromatic carbocycles. The van der Waals surface area contributed by atoms with Crippen LogP contribution < -0.4 is 4.72 Å². The first kappa shape index (κ1) is 14.9. The number of nitro benzene ring substituents is 1. The summed E-state index contributed by atoms with van der Waals surface area (Å²) in [5.41, 5.74) is -0.876. The van der Waals surface area contributed by atoms with Gasteiger partial charge in [-0.1, -0.05) is 5.21 Å². The molecule has 0 aliphatic rings. The molecule has 2 N–H and O–H groups in total. The fourth-order valence-electron chi connectivity index (χ4n) is 1.57. The number of tetrazole rings is 1. The van der Waals surface area contributed by atoms with Crippen LogP contribution in [0, 0.1) is 22.9 Å². The van der Waals surface area contributed by atoms with Gasteiger partial charge < -0.3 is 0 Å². The van der Waals surface area contributed by atoms with E-state index in [4.69, 9.17) is 0 Å². The van der Waals surface area contributed by atoms with Crippen LogP contribution in [0.15, 0.2) is 17.0 Å². The number of aromatic nitrogens is 4. The molecule has 112 valence electrons. The summed E-state index contributed by atoms with van der Waals surface area (Å²) in [5.74, 6) is -1.01. The van der Waals surface area contributed by atoms with Gasteiger partial charge in [-0.3, -0.25) is 10.1 Å². The molecule has 0 fully saturated rings. The van der Waals surface area contributed by atoms with Crippen molar-refractivity contribution in [2.75, 3.05) is 0 Å². The van der Waals surface area contributed by atoms with Crippen LogP contribution in [0.2, 0.25) is 0 Å². The SMILES string of the molecule is Cc1cc(F)c([N+](=O)[O-])cc1S(=O)(=O)NCc1nn[nH]n1. The van der Waals surface area contributed by atoms with Crippen molar-refractivity contribution in [3.8, 4) is 0 Å². The number of nitrogens with one attached hydrogen (secondary N) is 2. The largest absolute Gasteiger partial charge is 0.306 e. The quantitative estimate of drug-likeness (QED) is 0.585. The van der Waals surface area contributed by atoms with Gasteiger partial charge in [-0.05, 0) is 18.6 Å². The third-order valence-corrected chi connectivity index (χ3v) is 4.08. The summed E-state index contributed by atoms with van der Waals surface area (Å²) in [4.78, 5) is 9.29. The highest BCUT2D eigenvalue weighted by molar-refractivity contribution is 7.89. The molecule has 0 radical (unpaired) electrons. The minimum Gasteiger partial charge on any atom is -0.258 e. The lowest BCUT2D eigenvalue weighted by Crippen LogP contribution is -2.24. The van der Waals surface area contributed by atoms with Gasteiger partial charge in [0.05, 0.1) is 16.4 Å². The van der Waals surface area contributed by atoms with E-state index in [-0.39, 0.29) is 22.8 Å². The Balaban J connectivity index is 2.35. The molecular formula is C9H9FN6O4S. The smallest absolute Gasteiger partial charge is 0.258 e. The molecule has 0 aliphatic heterocycles. The van der Waals surface area contributed by atoms with Gasteiger partial charge in [0.25, 0.3) is 0 Å². The minimum absolute atomic E-state index is 0.0405. The van der Waals surface area contributed by atoms with Crippen LogP contribution in [0.25, 0.3) is 0 Å². The normalized spacial score (nSPS) is 11.5. The van der Waals surface area contributed by atoms with E-state index in [1.807, 2.05) is 0 Å². The Morgan fingerprint density at radius 3 is 2.76 bits per heavy atom. The third-order valence-electron chi connectivity index (χ3n) is 2.54. The van der Waals surface area contributed by atoms with Crippen LogP contribution in [0.1, 0.15) is 11.4 Å². The van der Waals surface area contributed by atoms with Gasteiger partial charge in [0.1, 0.15) is 0 Å². The zero-order valence-corrected chi connectivity index (χ0v) is 11.4. The molecule has 0 unspecified atom stereocenters. The van der Waals surface area contributed by atoms with E-state index in [0.717, 1.165) is 6.07 Å². The van der Waals surface area contributed by atoms with Crippen molar-refractivity contribution in [1.29, 1.82) is 0 Å². The summed E-state index contributed by atoms with van der Waals surface area (Å²) < 4.78 is 39.7. The minimum atomic E-state index is -4.08. The number of sulfonamides is 1. The number of hydrogen-bond donors (Lipinski definition) is 2.